The van der Waals surface area contributed by atoms with Gasteiger partial charge in [0.05, 0.1) is 39.6 Å². The van der Waals surface area contributed by atoms with Crippen LogP contribution in [0.5, 0.6) is 11.5 Å². The van der Waals surface area contributed by atoms with Crippen molar-refractivity contribution in [2.75, 3.05) is 14.2 Å². The maximum Gasteiger partial charge on any atom is 0.318 e. The lowest BCUT2D eigenvalue weighted by atomic mass is 10.1. The number of rotatable bonds is 8. The van der Waals surface area contributed by atoms with E-state index in [1.54, 1.807) is 36.7 Å². The van der Waals surface area contributed by atoms with Gasteiger partial charge in [0.1, 0.15) is 17.3 Å². The molecule has 148 valence electrons. The Labute approximate surface area is 168 Å². The monoisotopic (exact) mass is 400 g/mol. The van der Waals surface area contributed by atoms with Crippen LogP contribution in [0.15, 0.2) is 58.5 Å². The van der Waals surface area contributed by atoms with E-state index in [0.717, 1.165) is 16.2 Å². The Morgan fingerprint density at radius 1 is 1.18 bits per heavy atom. The Morgan fingerprint density at radius 2 is 2.04 bits per heavy atom. The van der Waals surface area contributed by atoms with Crippen LogP contribution in [0.4, 0.5) is 4.79 Å². The van der Waals surface area contributed by atoms with Crippen molar-refractivity contribution in [3.63, 3.8) is 0 Å². The molecular formula is C21H24N2O4S. The number of furan rings is 1. The zero-order chi connectivity index (χ0) is 19.9. The van der Waals surface area contributed by atoms with Crippen molar-refractivity contribution in [1.82, 2.24) is 10.2 Å². The third-order valence-corrected chi connectivity index (χ3v) is 5.25. The summed E-state index contributed by atoms with van der Waals surface area (Å²) in [5.74, 6) is 2.14. The molecule has 2 heterocycles. The number of hydrogen-bond acceptors (Lipinski definition) is 5. The summed E-state index contributed by atoms with van der Waals surface area (Å²) in [6, 6.07) is 12.8. The highest BCUT2D eigenvalue weighted by atomic mass is 32.1. The Kier molecular flexibility index (Phi) is 6.60. The molecule has 2 amide bonds. The molecule has 1 unspecified atom stereocenters. The number of carbonyl (C=O) groups excluding carboxylic acids is 1. The summed E-state index contributed by atoms with van der Waals surface area (Å²) in [5.41, 5.74) is 0.851. The maximum atomic E-state index is 13.0. The standard InChI is InChI=1S/C21H24N2O4S/c1-15(19-12-16(25-2)8-9-20(19)26-3)22-21(24)23(13-17-6-4-10-27-17)14-18-7-5-11-28-18/h4-12,15H,13-14H2,1-3H3,(H,22,24). The van der Waals surface area contributed by atoms with Crippen LogP contribution in [0.1, 0.15) is 29.2 Å². The molecule has 1 aromatic carbocycles. The average molecular weight is 401 g/mol. The minimum absolute atomic E-state index is 0.179. The summed E-state index contributed by atoms with van der Waals surface area (Å²) >= 11 is 1.62. The van der Waals surface area contributed by atoms with Crippen molar-refractivity contribution in [3.05, 3.63) is 70.3 Å². The van der Waals surface area contributed by atoms with E-state index in [9.17, 15) is 4.79 Å². The number of amides is 2. The summed E-state index contributed by atoms with van der Waals surface area (Å²) < 4.78 is 16.2. The molecule has 0 spiro atoms. The summed E-state index contributed by atoms with van der Waals surface area (Å²) in [6.45, 7) is 2.82. The third-order valence-electron chi connectivity index (χ3n) is 4.38. The van der Waals surface area contributed by atoms with Gasteiger partial charge in [-0.15, -0.1) is 11.3 Å². The van der Waals surface area contributed by atoms with Gasteiger partial charge in [-0.1, -0.05) is 6.07 Å². The molecule has 6 nitrogen and oxygen atoms in total. The van der Waals surface area contributed by atoms with Crippen molar-refractivity contribution >= 4 is 17.4 Å². The first-order chi connectivity index (χ1) is 13.6. The molecule has 0 aliphatic heterocycles. The van der Waals surface area contributed by atoms with Crippen LogP contribution in [-0.2, 0) is 13.1 Å². The van der Waals surface area contributed by atoms with E-state index in [0.29, 0.717) is 24.6 Å². The number of carbonyl (C=O) groups is 1. The predicted molar refractivity (Wildman–Crippen MR) is 109 cm³/mol. The fourth-order valence-corrected chi connectivity index (χ4v) is 3.63. The molecule has 0 bridgehead atoms. The normalized spacial score (nSPS) is 11.7. The molecule has 0 aliphatic carbocycles. The van der Waals surface area contributed by atoms with E-state index in [-0.39, 0.29) is 12.1 Å². The number of nitrogens with zero attached hydrogens (tertiary/aromatic N) is 1. The second kappa shape index (κ2) is 9.32. The van der Waals surface area contributed by atoms with Gasteiger partial charge in [0, 0.05) is 10.4 Å². The summed E-state index contributed by atoms with van der Waals surface area (Å²) in [6.07, 6.45) is 1.61. The zero-order valence-electron chi connectivity index (χ0n) is 16.2. The first kappa shape index (κ1) is 19.8. The van der Waals surface area contributed by atoms with Crippen molar-refractivity contribution in [2.24, 2.45) is 0 Å². The number of methoxy groups -OCH3 is 2. The molecule has 2 aromatic heterocycles. The van der Waals surface area contributed by atoms with E-state index in [1.807, 2.05) is 54.8 Å². The van der Waals surface area contributed by atoms with Crippen LogP contribution in [-0.4, -0.2) is 25.2 Å². The topological polar surface area (TPSA) is 63.9 Å². The summed E-state index contributed by atoms with van der Waals surface area (Å²) in [5, 5.41) is 5.06. The Balaban J connectivity index is 1.76. The molecule has 0 radical (unpaired) electrons. The zero-order valence-corrected chi connectivity index (χ0v) is 17.0. The quantitative estimate of drug-likeness (QED) is 0.588. The summed E-state index contributed by atoms with van der Waals surface area (Å²) in [7, 11) is 3.22. The van der Waals surface area contributed by atoms with Gasteiger partial charge in [-0.3, -0.25) is 0 Å². The van der Waals surface area contributed by atoms with Crippen LogP contribution < -0.4 is 14.8 Å². The minimum Gasteiger partial charge on any atom is -0.497 e. The number of ether oxygens (including phenoxy) is 2. The van der Waals surface area contributed by atoms with Crippen LogP contribution in [0.2, 0.25) is 0 Å². The molecule has 0 saturated carbocycles. The minimum atomic E-state index is -0.264. The highest BCUT2D eigenvalue weighted by Crippen LogP contribution is 2.29. The van der Waals surface area contributed by atoms with Gasteiger partial charge in [-0.05, 0) is 48.7 Å². The number of nitrogens with one attached hydrogen (secondary N) is 1. The van der Waals surface area contributed by atoms with E-state index in [1.165, 1.54) is 0 Å². The lowest BCUT2D eigenvalue weighted by Gasteiger charge is -2.25. The number of benzene rings is 1. The molecule has 7 heteroatoms. The van der Waals surface area contributed by atoms with Crippen molar-refractivity contribution < 1.29 is 18.7 Å². The number of urea groups is 1. The van der Waals surface area contributed by atoms with Gasteiger partial charge >= 0.3 is 6.03 Å². The largest absolute Gasteiger partial charge is 0.497 e. The second-order valence-corrected chi connectivity index (χ2v) is 7.33. The Hall–Kier alpha value is -2.93. The van der Waals surface area contributed by atoms with Gasteiger partial charge in [-0.25, -0.2) is 4.79 Å². The van der Waals surface area contributed by atoms with Crippen molar-refractivity contribution in [1.29, 1.82) is 0 Å². The van der Waals surface area contributed by atoms with E-state index in [4.69, 9.17) is 13.9 Å². The highest BCUT2D eigenvalue weighted by molar-refractivity contribution is 7.09. The molecule has 0 aliphatic rings. The average Bonchev–Trinajstić information content (AvgIpc) is 3.41. The fourth-order valence-electron chi connectivity index (χ4n) is 2.91. The molecule has 28 heavy (non-hydrogen) atoms. The van der Waals surface area contributed by atoms with Gasteiger partial charge in [-0.2, -0.15) is 0 Å². The molecule has 3 aromatic rings. The number of hydrogen-bond donors (Lipinski definition) is 1. The molecular weight excluding hydrogens is 376 g/mol. The predicted octanol–water partition coefficient (Wildman–Crippen LogP) is 4.83. The molecule has 1 N–H and O–H groups in total. The van der Waals surface area contributed by atoms with Gasteiger partial charge < -0.3 is 24.1 Å². The lowest BCUT2D eigenvalue weighted by molar-refractivity contribution is 0.184. The van der Waals surface area contributed by atoms with Crippen molar-refractivity contribution in [2.45, 2.75) is 26.1 Å². The third kappa shape index (κ3) is 4.86. The Morgan fingerprint density at radius 3 is 2.68 bits per heavy atom. The second-order valence-electron chi connectivity index (χ2n) is 6.29. The molecule has 0 fully saturated rings. The van der Waals surface area contributed by atoms with Crippen LogP contribution >= 0.6 is 11.3 Å². The highest BCUT2D eigenvalue weighted by Gasteiger charge is 2.21. The first-order valence-electron chi connectivity index (χ1n) is 8.93. The van der Waals surface area contributed by atoms with Crippen LogP contribution in [0, 0.1) is 0 Å². The molecule has 3 rings (SSSR count). The lowest BCUT2D eigenvalue weighted by Crippen LogP contribution is -2.40. The van der Waals surface area contributed by atoms with Gasteiger partial charge in [0.2, 0.25) is 0 Å². The SMILES string of the molecule is COc1ccc(OC)c(C(C)NC(=O)N(Cc2ccco2)Cc2cccs2)c1. The van der Waals surface area contributed by atoms with Gasteiger partial charge in [0.25, 0.3) is 0 Å². The smallest absolute Gasteiger partial charge is 0.318 e. The fraction of sp³-hybridized carbons (Fsp3) is 0.286. The number of thiophene rings is 1. The van der Waals surface area contributed by atoms with E-state index >= 15 is 0 Å². The first-order valence-corrected chi connectivity index (χ1v) is 9.80. The van der Waals surface area contributed by atoms with Gasteiger partial charge in [0.15, 0.2) is 0 Å². The van der Waals surface area contributed by atoms with E-state index < -0.39 is 0 Å². The maximum absolute atomic E-state index is 13.0. The van der Waals surface area contributed by atoms with E-state index in [2.05, 4.69) is 5.32 Å². The van der Waals surface area contributed by atoms with Crippen molar-refractivity contribution in [3.8, 4) is 11.5 Å². The summed E-state index contributed by atoms with van der Waals surface area (Å²) in [4.78, 5) is 15.9. The van der Waals surface area contributed by atoms with Crippen LogP contribution in [0.3, 0.4) is 0 Å². The molecule has 1 atom stereocenters. The van der Waals surface area contributed by atoms with Crippen LogP contribution in [0.25, 0.3) is 0 Å². The Bertz CT molecular complexity index is 842. The molecule has 0 saturated heterocycles.